The lowest BCUT2D eigenvalue weighted by atomic mass is 10.2. The van der Waals surface area contributed by atoms with Crippen LogP contribution in [0.5, 0.6) is 0 Å². The first-order chi connectivity index (χ1) is 6.06. The number of halogens is 3. The van der Waals surface area contributed by atoms with Gasteiger partial charge in [-0.1, -0.05) is 0 Å². The van der Waals surface area contributed by atoms with Gasteiger partial charge in [0.15, 0.2) is 5.82 Å². The van der Waals surface area contributed by atoms with Crippen LogP contribution < -0.4 is 11.5 Å². The molecule has 0 saturated heterocycles. The molecule has 72 valence electrons. The van der Waals surface area contributed by atoms with Gasteiger partial charge in [0, 0.05) is 12.6 Å². The summed E-state index contributed by atoms with van der Waals surface area (Å²) >= 11 is 0. The van der Waals surface area contributed by atoms with E-state index >= 15 is 0 Å². The third kappa shape index (κ3) is 1.96. The summed E-state index contributed by atoms with van der Waals surface area (Å²) < 4.78 is 37.7. The van der Waals surface area contributed by atoms with E-state index in [0.29, 0.717) is 6.07 Å². The van der Waals surface area contributed by atoms with Crippen molar-refractivity contribution in [3.8, 4) is 0 Å². The maximum Gasteiger partial charge on any atom is 0.249 e. The number of hydrogen-bond donors (Lipinski definition) is 2. The molecular formula is C7H8F3N3. The maximum absolute atomic E-state index is 12.9. The Morgan fingerprint density at radius 1 is 1.31 bits per heavy atom. The Morgan fingerprint density at radius 2 is 1.92 bits per heavy atom. The molecule has 0 spiro atoms. The molecule has 3 nitrogen and oxygen atoms in total. The quantitative estimate of drug-likeness (QED) is 0.667. The van der Waals surface area contributed by atoms with Gasteiger partial charge in [0.2, 0.25) is 5.95 Å². The zero-order chi connectivity index (χ0) is 10.0. The molecule has 13 heavy (non-hydrogen) atoms. The molecule has 0 radical (unpaired) electrons. The van der Waals surface area contributed by atoms with Gasteiger partial charge in [0.25, 0.3) is 0 Å². The van der Waals surface area contributed by atoms with Crippen molar-refractivity contribution in [3.05, 3.63) is 29.3 Å². The highest BCUT2D eigenvalue weighted by atomic mass is 19.2. The Bertz CT molecular complexity index is 316. The second-order valence-corrected chi connectivity index (χ2v) is 2.47. The highest BCUT2D eigenvalue weighted by Gasteiger charge is 2.16. The van der Waals surface area contributed by atoms with Gasteiger partial charge in [-0.15, -0.1) is 0 Å². The van der Waals surface area contributed by atoms with E-state index in [-0.39, 0.29) is 12.2 Å². The largest absolute Gasteiger partial charge is 0.329 e. The molecule has 1 aromatic rings. The van der Waals surface area contributed by atoms with Gasteiger partial charge >= 0.3 is 0 Å². The first-order valence-electron chi connectivity index (χ1n) is 3.53. The van der Waals surface area contributed by atoms with Gasteiger partial charge in [-0.25, -0.2) is 13.8 Å². The smallest absolute Gasteiger partial charge is 0.249 e. The number of pyridine rings is 1. The van der Waals surface area contributed by atoms with E-state index in [2.05, 4.69) is 4.98 Å². The lowest BCUT2D eigenvalue weighted by Crippen LogP contribution is -2.23. The van der Waals surface area contributed by atoms with E-state index in [1.165, 1.54) is 0 Å². The van der Waals surface area contributed by atoms with Crippen LogP contribution in [0.3, 0.4) is 0 Å². The molecule has 0 unspecified atom stereocenters. The number of hydrogen-bond acceptors (Lipinski definition) is 3. The molecule has 1 aromatic heterocycles. The molecular weight excluding hydrogens is 183 g/mol. The Morgan fingerprint density at radius 3 is 2.46 bits per heavy atom. The minimum atomic E-state index is -1.37. The van der Waals surface area contributed by atoms with E-state index in [1.54, 1.807) is 0 Å². The predicted molar refractivity (Wildman–Crippen MR) is 40.1 cm³/mol. The van der Waals surface area contributed by atoms with Crippen LogP contribution in [-0.4, -0.2) is 11.5 Å². The van der Waals surface area contributed by atoms with Crippen LogP contribution in [0.15, 0.2) is 6.07 Å². The van der Waals surface area contributed by atoms with E-state index in [9.17, 15) is 13.2 Å². The molecule has 0 amide bonds. The van der Waals surface area contributed by atoms with Crippen LogP contribution in [0.2, 0.25) is 0 Å². The molecule has 1 atom stereocenters. The zero-order valence-electron chi connectivity index (χ0n) is 6.60. The van der Waals surface area contributed by atoms with E-state index in [0.717, 1.165) is 0 Å². The molecule has 0 saturated carbocycles. The Hall–Kier alpha value is -1.14. The fourth-order valence-corrected chi connectivity index (χ4v) is 0.829. The Kier molecular flexibility index (Phi) is 2.84. The molecule has 1 rings (SSSR count). The molecule has 0 bridgehead atoms. The lowest BCUT2D eigenvalue weighted by molar-refractivity contribution is 0.448. The fraction of sp³-hybridized carbons (Fsp3) is 0.286. The summed E-state index contributed by atoms with van der Waals surface area (Å²) in [4.78, 5) is 3.02. The van der Waals surface area contributed by atoms with E-state index < -0.39 is 23.6 Å². The highest BCUT2D eigenvalue weighted by molar-refractivity contribution is 5.13. The topological polar surface area (TPSA) is 64.9 Å². The summed E-state index contributed by atoms with van der Waals surface area (Å²) in [5, 5.41) is 0. The normalized spacial score (nSPS) is 13.0. The Labute approximate surface area is 72.6 Å². The standard InChI is InChI=1S/C7H8F3N3/c8-3-1-4(9)7(10)13-6(3)5(12)2-11/h1,5H,2,11-12H2/t5-/m0/s1. The van der Waals surface area contributed by atoms with Crippen LogP contribution >= 0.6 is 0 Å². The van der Waals surface area contributed by atoms with Gasteiger partial charge in [-0.05, 0) is 0 Å². The minimum absolute atomic E-state index is 0.0883. The highest BCUT2D eigenvalue weighted by Crippen LogP contribution is 2.14. The van der Waals surface area contributed by atoms with Gasteiger partial charge in [0.05, 0.1) is 11.7 Å². The van der Waals surface area contributed by atoms with Crippen LogP contribution in [0, 0.1) is 17.6 Å². The SMILES string of the molecule is NC[C@H](N)c1nc(F)c(F)cc1F. The summed E-state index contributed by atoms with van der Waals surface area (Å²) in [6.45, 7) is -0.0883. The zero-order valence-corrected chi connectivity index (χ0v) is 6.60. The predicted octanol–water partition coefficient (Wildman–Crippen LogP) is 0.457. The van der Waals surface area contributed by atoms with Gasteiger partial charge < -0.3 is 11.5 Å². The first kappa shape index (κ1) is 9.94. The average molecular weight is 191 g/mol. The van der Waals surface area contributed by atoms with E-state index in [1.807, 2.05) is 0 Å². The van der Waals surface area contributed by atoms with Crippen LogP contribution in [0.25, 0.3) is 0 Å². The van der Waals surface area contributed by atoms with Crippen LogP contribution in [0.4, 0.5) is 13.2 Å². The van der Waals surface area contributed by atoms with Crippen molar-refractivity contribution >= 4 is 0 Å². The van der Waals surface area contributed by atoms with Crippen molar-refractivity contribution in [1.29, 1.82) is 0 Å². The summed E-state index contributed by atoms with van der Waals surface area (Å²) in [6.07, 6.45) is 0. The molecule has 0 aliphatic rings. The molecule has 0 aliphatic heterocycles. The van der Waals surface area contributed by atoms with Crippen molar-refractivity contribution in [2.75, 3.05) is 6.54 Å². The fourth-order valence-electron chi connectivity index (χ4n) is 0.829. The van der Waals surface area contributed by atoms with Crippen LogP contribution in [0.1, 0.15) is 11.7 Å². The molecule has 6 heteroatoms. The van der Waals surface area contributed by atoms with Gasteiger partial charge in [-0.2, -0.15) is 4.39 Å². The molecule has 0 aromatic carbocycles. The maximum atomic E-state index is 12.9. The minimum Gasteiger partial charge on any atom is -0.329 e. The second-order valence-electron chi connectivity index (χ2n) is 2.47. The lowest BCUT2D eigenvalue weighted by Gasteiger charge is -2.08. The number of rotatable bonds is 2. The Balaban J connectivity index is 3.15. The second kappa shape index (κ2) is 3.71. The van der Waals surface area contributed by atoms with Crippen LogP contribution in [-0.2, 0) is 0 Å². The molecule has 1 heterocycles. The first-order valence-corrected chi connectivity index (χ1v) is 3.53. The molecule has 4 N–H and O–H groups in total. The summed E-state index contributed by atoms with van der Waals surface area (Å²) in [5.41, 5.74) is 10.1. The monoisotopic (exact) mass is 191 g/mol. The summed E-state index contributed by atoms with van der Waals surface area (Å²) in [6, 6.07) is -0.525. The van der Waals surface area contributed by atoms with E-state index in [4.69, 9.17) is 11.5 Å². The number of nitrogens with zero attached hydrogens (tertiary/aromatic N) is 1. The molecule has 0 aliphatic carbocycles. The van der Waals surface area contributed by atoms with Crippen molar-refractivity contribution in [3.63, 3.8) is 0 Å². The van der Waals surface area contributed by atoms with Crippen molar-refractivity contribution < 1.29 is 13.2 Å². The van der Waals surface area contributed by atoms with Crippen molar-refractivity contribution in [2.45, 2.75) is 6.04 Å². The average Bonchev–Trinajstić information content (AvgIpc) is 2.10. The number of nitrogens with two attached hydrogens (primary N) is 2. The van der Waals surface area contributed by atoms with Crippen molar-refractivity contribution in [1.82, 2.24) is 4.98 Å². The third-order valence-electron chi connectivity index (χ3n) is 1.52. The van der Waals surface area contributed by atoms with Gasteiger partial charge in [0.1, 0.15) is 5.82 Å². The third-order valence-corrected chi connectivity index (χ3v) is 1.52. The number of aromatic nitrogens is 1. The van der Waals surface area contributed by atoms with Gasteiger partial charge in [-0.3, -0.25) is 0 Å². The summed E-state index contributed by atoms with van der Waals surface area (Å²) in [5.74, 6) is -3.71. The van der Waals surface area contributed by atoms with Crippen molar-refractivity contribution in [2.24, 2.45) is 11.5 Å². The summed E-state index contributed by atoms with van der Waals surface area (Å²) in [7, 11) is 0. The molecule has 0 fully saturated rings.